The lowest BCUT2D eigenvalue weighted by Crippen LogP contribution is -2.49. The van der Waals surface area contributed by atoms with Crippen LogP contribution in [-0.4, -0.2) is 38.6 Å². The van der Waals surface area contributed by atoms with Crippen LogP contribution in [0.2, 0.25) is 0 Å². The summed E-state index contributed by atoms with van der Waals surface area (Å²) in [7, 11) is 1.88. The van der Waals surface area contributed by atoms with Gasteiger partial charge in [0.05, 0.1) is 0 Å². The van der Waals surface area contributed by atoms with E-state index in [1.54, 1.807) is 0 Å². The number of anilines is 1. The van der Waals surface area contributed by atoms with E-state index in [0.717, 1.165) is 23.2 Å². The minimum Gasteiger partial charge on any atom is -0.358 e. The second-order valence-electron chi connectivity index (χ2n) is 5.05. The highest BCUT2D eigenvalue weighted by Gasteiger charge is 2.29. The molecule has 0 aromatic heterocycles. The summed E-state index contributed by atoms with van der Waals surface area (Å²) in [5, 5.41) is 6.12. The molecule has 2 atom stereocenters. The van der Waals surface area contributed by atoms with Gasteiger partial charge in [0.25, 0.3) is 0 Å². The maximum Gasteiger partial charge on any atom is 0.244 e. The Hall–Kier alpha value is -1.07. The Balaban J connectivity index is 2.29. The van der Waals surface area contributed by atoms with Gasteiger partial charge < -0.3 is 15.5 Å². The Morgan fingerprint density at radius 2 is 2.11 bits per heavy atom. The molecule has 1 fully saturated rings. The van der Waals surface area contributed by atoms with Gasteiger partial charge in [-0.2, -0.15) is 0 Å². The Morgan fingerprint density at radius 3 is 2.74 bits per heavy atom. The standard InChI is InChI=1S/C14H20BrN3O/c1-10-7-17-14(19)13(8-16-2)18(9-10)12-5-3-11(15)4-6-12/h3-6,10,13,16H,7-9H2,1-2H3,(H,17,19). The van der Waals surface area contributed by atoms with Crippen molar-refractivity contribution in [1.29, 1.82) is 0 Å². The van der Waals surface area contributed by atoms with Crippen LogP contribution in [0.5, 0.6) is 0 Å². The van der Waals surface area contributed by atoms with Crippen molar-refractivity contribution in [3.63, 3.8) is 0 Å². The molecule has 4 nitrogen and oxygen atoms in total. The molecule has 1 amide bonds. The third-order valence-corrected chi connectivity index (χ3v) is 3.90. The lowest BCUT2D eigenvalue weighted by Gasteiger charge is -2.31. The Kier molecular flexibility index (Phi) is 4.82. The molecule has 1 aromatic carbocycles. The van der Waals surface area contributed by atoms with Crippen molar-refractivity contribution in [3.8, 4) is 0 Å². The average molecular weight is 326 g/mol. The topological polar surface area (TPSA) is 44.4 Å². The lowest BCUT2D eigenvalue weighted by molar-refractivity contribution is -0.122. The zero-order valence-electron chi connectivity index (χ0n) is 11.3. The highest BCUT2D eigenvalue weighted by Crippen LogP contribution is 2.23. The van der Waals surface area contributed by atoms with Gasteiger partial charge in [-0.15, -0.1) is 0 Å². The average Bonchev–Trinajstić information content (AvgIpc) is 2.53. The molecule has 1 aliphatic rings. The number of benzene rings is 1. The van der Waals surface area contributed by atoms with Gasteiger partial charge in [-0.1, -0.05) is 22.9 Å². The van der Waals surface area contributed by atoms with Crippen molar-refractivity contribution >= 4 is 27.5 Å². The maximum atomic E-state index is 12.2. The number of halogens is 1. The molecule has 104 valence electrons. The van der Waals surface area contributed by atoms with Crippen molar-refractivity contribution < 1.29 is 4.79 Å². The summed E-state index contributed by atoms with van der Waals surface area (Å²) in [4.78, 5) is 14.4. The monoisotopic (exact) mass is 325 g/mol. The summed E-state index contributed by atoms with van der Waals surface area (Å²) in [6.45, 7) is 4.43. The Labute approximate surface area is 122 Å². The van der Waals surface area contributed by atoms with Gasteiger partial charge in [0.15, 0.2) is 0 Å². The van der Waals surface area contributed by atoms with Gasteiger partial charge >= 0.3 is 0 Å². The summed E-state index contributed by atoms with van der Waals surface area (Å²) in [6.07, 6.45) is 0. The van der Waals surface area contributed by atoms with E-state index < -0.39 is 0 Å². The van der Waals surface area contributed by atoms with Crippen LogP contribution in [-0.2, 0) is 4.79 Å². The predicted octanol–water partition coefficient (Wildman–Crippen LogP) is 1.61. The molecule has 0 aliphatic carbocycles. The number of likely N-dealkylation sites (N-methyl/N-ethyl adjacent to an activating group) is 1. The molecular formula is C14H20BrN3O. The second-order valence-corrected chi connectivity index (χ2v) is 5.97. The lowest BCUT2D eigenvalue weighted by atomic mass is 10.1. The van der Waals surface area contributed by atoms with Crippen LogP contribution in [0.4, 0.5) is 5.69 Å². The van der Waals surface area contributed by atoms with E-state index in [1.165, 1.54) is 0 Å². The minimum atomic E-state index is -0.156. The first-order valence-electron chi connectivity index (χ1n) is 6.56. The Bertz CT molecular complexity index is 435. The molecule has 2 rings (SSSR count). The van der Waals surface area contributed by atoms with E-state index in [-0.39, 0.29) is 11.9 Å². The zero-order valence-corrected chi connectivity index (χ0v) is 12.9. The highest BCUT2D eigenvalue weighted by atomic mass is 79.9. The largest absolute Gasteiger partial charge is 0.358 e. The molecule has 5 heteroatoms. The summed E-state index contributed by atoms with van der Waals surface area (Å²) in [6, 6.07) is 7.98. The third kappa shape index (κ3) is 3.48. The van der Waals surface area contributed by atoms with Gasteiger partial charge in [0.2, 0.25) is 5.91 Å². The van der Waals surface area contributed by atoms with Crippen LogP contribution in [0, 0.1) is 5.92 Å². The molecule has 1 saturated heterocycles. The first kappa shape index (κ1) is 14.3. The number of rotatable bonds is 3. The first-order valence-corrected chi connectivity index (χ1v) is 7.35. The van der Waals surface area contributed by atoms with E-state index in [0.29, 0.717) is 12.5 Å². The normalized spacial score (nSPS) is 23.9. The van der Waals surface area contributed by atoms with Gasteiger partial charge in [-0.25, -0.2) is 0 Å². The fourth-order valence-corrected chi connectivity index (χ4v) is 2.64. The molecule has 2 unspecified atom stereocenters. The summed E-state index contributed by atoms with van der Waals surface area (Å²) < 4.78 is 1.05. The number of hydrogen-bond donors (Lipinski definition) is 2. The van der Waals surface area contributed by atoms with Crippen LogP contribution in [0.3, 0.4) is 0 Å². The number of carbonyl (C=O) groups excluding carboxylic acids is 1. The van der Waals surface area contributed by atoms with Crippen LogP contribution >= 0.6 is 15.9 Å². The summed E-state index contributed by atoms with van der Waals surface area (Å²) in [5.74, 6) is 0.538. The number of nitrogens with one attached hydrogen (secondary N) is 2. The molecule has 1 aromatic rings. The molecule has 0 spiro atoms. The SMILES string of the molecule is CNCC1C(=O)NCC(C)CN1c1ccc(Br)cc1. The van der Waals surface area contributed by atoms with Crippen molar-refractivity contribution in [2.45, 2.75) is 13.0 Å². The van der Waals surface area contributed by atoms with Crippen LogP contribution < -0.4 is 15.5 Å². The van der Waals surface area contributed by atoms with Gasteiger partial charge in [0, 0.05) is 29.8 Å². The summed E-state index contributed by atoms with van der Waals surface area (Å²) >= 11 is 3.44. The number of nitrogens with zero attached hydrogens (tertiary/aromatic N) is 1. The van der Waals surface area contributed by atoms with E-state index >= 15 is 0 Å². The van der Waals surface area contributed by atoms with Crippen molar-refractivity contribution in [3.05, 3.63) is 28.7 Å². The van der Waals surface area contributed by atoms with Crippen molar-refractivity contribution in [2.75, 3.05) is 31.6 Å². The van der Waals surface area contributed by atoms with Crippen LogP contribution in [0.1, 0.15) is 6.92 Å². The molecule has 1 heterocycles. The van der Waals surface area contributed by atoms with Crippen LogP contribution in [0.25, 0.3) is 0 Å². The smallest absolute Gasteiger partial charge is 0.244 e. The molecular weight excluding hydrogens is 306 g/mol. The van der Waals surface area contributed by atoms with Gasteiger partial charge in [0.1, 0.15) is 6.04 Å². The fraction of sp³-hybridized carbons (Fsp3) is 0.500. The fourth-order valence-electron chi connectivity index (χ4n) is 2.38. The quantitative estimate of drug-likeness (QED) is 0.887. The molecule has 0 radical (unpaired) electrons. The van der Waals surface area contributed by atoms with Crippen molar-refractivity contribution in [2.24, 2.45) is 5.92 Å². The molecule has 0 bridgehead atoms. The van der Waals surface area contributed by atoms with Gasteiger partial charge in [-0.3, -0.25) is 4.79 Å². The first-order chi connectivity index (χ1) is 9.11. The number of carbonyl (C=O) groups is 1. The summed E-state index contributed by atoms with van der Waals surface area (Å²) in [5.41, 5.74) is 1.09. The van der Waals surface area contributed by atoms with E-state index in [2.05, 4.69) is 50.5 Å². The van der Waals surface area contributed by atoms with Gasteiger partial charge in [-0.05, 0) is 37.2 Å². The predicted molar refractivity (Wildman–Crippen MR) is 81.4 cm³/mol. The third-order valence-electron chi connectivity index (χ3n) is 3.37. The van der Waals surface area contributed by atoms with Crippen LogP contribution in [0.15, 0.2) is 28.7 Å². The van der Waals surface area contributed by atoms with E-state index in [4.69, 9.17) is 0 Å². The van der Waals surface area contributed by atoms with Crippen molar-refractivity contribution in [1.82, 2.24) is 10.6 Å². The minimum absolute atomic E-state index is 0.0987. The molecule has 1 aliphatic heterocycles. The number of amides is 1. The zero-order chi connectivity index (χ0) is 13.8. The molecule has 19 heavy (non-hydrogen) atoms. The molecule has 0 saturated carbocycles. The highest BCUT2D eigenvalue weighted by molar-refractivity contribution is 9.10. The second kappa shape index (κ2) is 6.39. The number of hydrogen-bond acceptors (Lipinski definition) is 3. The molecule has 2 N–H and O–H groups in total. The maximum absolute atomic E-state index is 12.2. The van der Waals surface area contributed by atoms with E-state index in [9.17, 15) is 4.79 Å². The Morgan fingerprint density at radius 1 is 1.42 bits per heavy atom. The van der Waals surface area contributed by atoms with E-state index in [1.807, 2.05) is 19.2 Å².